The normalized spacial score (nSPS) is 28.6. The summed E-state index contributed by atoms with van der Waals surface area (Å²) in [5, 5.41) is 0. The van der Waals surface area contributed by atoms with Gasteiger partial charge in [0, 0.05) is 24.7 Å². The van der Waals surface area contributed by atoms with Crippen LogP contribution in [0, 0.1) is 17.8 Å². The minimum atomic E-state index is 0.673. The molecule has 1 aliphatic carbocycles. The van der Waals surface area contributed by atoms with Gasteiger partial charge in [-0.3, -0.25) is 0 Å². The monoisotopic (exact) mass is 259 g/mol. The summed E-state index contributed by atoms with van der Waals surface area (Å²) in [4.78, 5) is 2.55. The Morgan fingerprint density at radius 3 is 2.53 bits per heavy atom. The molecule has 0 saturated carbocycles. The van der Waals surface area contributed by atoms with Gasteiger partial charge in [0.2, 0.25) is 0 Å². The second-order valence-electron chi connectivity index (χ2n) is 6.62. The molecular weight excluding hydrogens is 230 g/mol. The highest BCUT2D eigenvalue weighted by molar-refractivity contribution is 5.40. The standard InChI is InChI=1S/C18H29N/c1-7-15-16-10-8-13(4)9-11-17(16)19(6)18(15)14(5)12(2)3/h8-9,11-12,14-15,18H,7,10H2,1-6H3. The van der Waals surface area contributed by atoms with Crippen molar-refractivity contribution in [3.05, 3.63) is 35.1 Å². The SMILES string of the molecule is CCC1C2=C(C=CC(C)=CC2)N(C)C1C(C)C(C)C. The first-order valence-electron chi connectivity index (χ1n) is 7.78. The molecule has 1 aliphatic heterocycles. The molecule has 0 spiro atoms. The molecule has 1 heterocycles. The van der Waals surface area contributed by atoms with Crippen molar-refractivity contribution in [2.75, 3.05) is 7.05 Å². The lowest BCUT2D eigenvalue weighted by atomic mass is 9.79. The van der Waals surface area contributed by atoms with Gasteiger partial charge in [-0.15, -0.1) is 0 Å². The minimum Gasteiger partial charge on any atom is -0.371 e. The average Bonchev–Trinajstić information content (AvgIpc) is 2.50. The molecule has 0 saturated heterocycles. The van der Waals surface area contributed by atoms with Crippen LogP contribution in [0.2, 0.25) is 0 Å². The number of nitrogens with zero attached hydrogens (tertiary/aromatic N) is 1. The Bertz CT molecular complexity index is 425. The Morgan fingerprint density at radius 2 is 1.95 bits per heavy atom. The maximum Gasteiger partial charge on any atom is 0.0380 e. The lowest BCUT2D eigenvalue weighted by molar-refractivity contribution is 0.169. The summed E-state index contributed by atoms with van der Waals surface area (Å²) < 4.78 is 0. The predicted molar refractivity (Wildman–Crippen MR) is 83.9 cm³/mol. The number of hydrogen-bond acceptors (Lipinski definition) is 1. The zero-order chi connectivity index (χ0) is 14.2. The number of rotatable bonds is 3. The summed E-state index contributed by atoms with van der Waals surface area (Å²) in [6.07, 6.45) is 9.39. The maximum absolute atomic E-state index is 2.55. The molecule has 0 aromatic rings. The molecule has 19 heavy (non-hydrogen) atoms. The Balaban J connectivity index is 2.33. The second-order valence-corrected chi connectivity index (χ2v) is 6.62. The van der Waals surface area contributed by atoms with Gasteiger partial charge in [-0.05, 0) is 43.3 Å². The van der Waals surface area contributed by atoms with Gasteiger partial charge < -0.3 is 4.90 Å². The van der Waals surface area contributed by atoms with Gasteiger partial charge in [-0.25, -0.2) is 0 Å². The molecule has 2 aliphatic rings. The highest BCUT2D eigenvalue weighted by atomic mass is 15.2. The largest absolute Gasteiger partial charge is 0.371 e. The Morgan fingerprint density at radius 1 is 1.26 bits per heavy atom. The summed E-state index contributed by atoms with van der Waals surface area (Å²) in [6.45, 7) is 11.7. The van der Waals surface area contributed by atoms with Crippen LogP contribution < -0.4 is 0 Å². The van der Waals surface area contributed by atoms with Crippen molar-refractivity contribution in [1.82, 2.24) is 4.90 Å². The van der Waals surface area contributed by atoms with Crippen LogP contribution >= 0.6 is 0 Å². The molecule has 0 amide bonds. The van der Waals surface area contributed by atoms with E-state index in [2.05, 4.69) is 64.8 Å². The van der Waals surface area contributed by atoms with Crippen molar-refractivity contribution in [1.29, 1.82) is 0 Å². The first-order chi connectivity index (χ1) is 8.97. The van der Waals surface area contributed by atoms with E-state index in [1.54, 1.807) is 5.57 Å². The molecule has 3 unspecified atom stereocenters. The van der Waals surface area contributed by atoms with Gasteiger partial charge in [-0.1, -0.05) is 45.4 Å². The van der Waals surface area contributed by atoms with E-state index in [-0.39, 0.29) is 0 Å². The quantitative estimate of drug-likeness (QED) is 0.705. The molecule has 1 heteroatoms. The fraction of sp³-hybridized carbons (Fsp3) is 0.667. The van der Waals surface area contributed by atoms with Crippen molar-refractivity contribution in [2.24, 2.45) is 17.8 Å². The average molecular weight is 259 g/mol. The third-order valence-electron chi connectivity index (χ3n) is 5.19. The molecular formula is C18H29N. The Kier molecular flexibility index (Phi) is 4.23. The van der Waals surface area contributed by atoms with E-state index in [0.717, 1.165) is 24.2 Å². The van der Waals surface area contributed by atoms with Crippen LogP contribution in [0.4, 0.5) is 0 Å². The van der Waals surface area contributed by atoms with Crippen molar-refractivity contribution >= 4 is 0 Å². The molecule has 106 valence electrons. The van der Waals surface area contributed by atoms with Crippen LogP contribution in [0.15, 0.2) is 35.1 Å². The summed E-state index contributed by atoms with van der Waals surface area (Å²) >= 11 is 0. The van der Waals surface area contributed by atoms with Gasteiger partial charge in [0.1, 0.15) is 0 Å². The van der Waals surface area contributed by atoms with E-state index < -0.39 is 0 Å². The van der Waals surface area contributed by atoms with Crippen molar-refractivity contribution in [2.45, 2.75) is 53.5 Å². The minimum absolute atomic E-state index is 0.673. The van der Waals surface area contributed by atoms with Crippen LogP contribution in [0.1, 0.15) is 47.5 Å². The summed E-state index contributed by atoms with van der Waals surface area (Å²) in [5.41, 5.74) is 4.54. The molecule has 0 aromatic heterocycles. The third kappa shape index (κ3) is 2.52. The fourth-order valence-electron chi connectivity index (χ4n) is 3.68. The van der Waals surface area contributed by atoms with Crippen molar-refractivity contribution in [3.63, 3.8) is 0 Å². The zero-order valence-electron chi connectivity index (χ0n) is 13.4. The molecule has 0 aromatic carbocycles. The Labute approximate surface area is 119 Å². The predicted octanol–water partition coefficient (Wildman–Crippen LogP) is 4.78. The number of allylic oxidation sites excluding steroid dienone is 4. The highest BCUT2D eigenvalue weighted by Crippen LogP contribution is 2.43. The smallest absolute Gasteiger partial charge is 0.0380 e. The molecule has 1 nitrogen and oxygen atoms in total. The van der Waals surface area contributed by atoms with Crippen molar-refractivity contribution in [3.8, 4) is 0 Å². The lowest BCUT2D eigenvalue weighted by Gasteiger charge is -2.35. The van der Waals surface area contributed by atoms with Crippen molar-refractivity contribution < 1.29 is 0 Å². The van der Waals surface area contributed by atoms with E-state index in [1.807, 2.05) is 0 Å². The van der Waals surface area contributed by atoms with E-state index in [9.17, 15) is 0 Å². The molecule has 3 atom stereocenters. The number of hydrogen-bond donors (Lipinski definition) is 0. The maximum atomic E-state index is 2.55. The van der Waals surface area contributed by atoms with Gasteiger partial charge in [0.05, 0.1) is 0 Å². The number of likely N-dealkylation sites (N-methyl/N-ethyl adjacent to an activating group) is 1. The van der Waals surface area contributed by atoms with Gasteiger partial charge in [0.15, 0.2) is 0 Å². The molecule has 0 N–H and O–H groups in total. The van der Waals surface area contributed by atoms with E-state index in [4.69, 9.17) is 0 Å². The summed E-state index contributed by atoms with van der Waals surface area (Å²) in [7, 11) is 2.29. The first kappa shape index (κ1) is 14.4. The Hall–Kier alpha value is -0.980. The van der Waals surface area contributed by atoms with E-state index in [1.165, 1.54) is 17.7 Å². The van der Waals surface area contributed by atoms with Gasteiger partial charge >= 0.3 is 0 Å². The van der Waals surface area contributed by atoms with Crippen LogP contribution in [0.25, 0.3) is 0 Å². The topological polar surface area (TPSA) is 3.24 Å². The fourth-order valence-corrected chi connectivity index (χ4v) is 3.68. The van der Waals surface area contributed by atoms with Crippen LogP contribution in [0.5, 0.6) is 0 Å². The molecule has 0 bridgehead atoms. The van der Waals surface area contributed by atoms with Crippen LogP contribution in [0.3, 0.4) is 0 Å². The third-order valence-corrected chi connectivity index (χ3v) is 5.19. The van der Waals surface area contributed by atoms with E-state index in [0.29, 0.717) is 6.04 Å². The van der Waals surface area contributed by atoms with E-state index >= 15 is 0 Å². The van der Waals surface area contributed by atoms with Crippen LogP contribution in [-0.2, 0) is 0 Å². The van der Waals surface area contributed by atoms with Gasteiger partial charge in [0.25, 0.3) is 0 Å². The van der Waals surface area contributed by atoms with Crippen LogP contribution in [-0.4, -0.2) is 18.0 Å². The summed E-state index contributed by atoms with van der Waals surface area (Å²) in [6, 6.07) is 0.673. The first-order valence-corrected chi connectivity index (χ1v) is 7.78. The molecule has 0 radical (unpaired) electrons. The lowest BCUT2D eigenvalue weighted by Crippen LogP contribution is -2.38. The molecule has 2 rings (SSSR count). The second kappa shape index (κ2) is 5.56. The van der Waals surface area contributed by atoms with Gasteiger partial charge in [-0.2, -0.15) is 0 Å². The molecule has 0 fully saturated rings. The summed E-state index contributed by atoms with van der Waals surface area (Å²) in [5.74, 6) is 2.20. The highest BCUT2D eigenvalue weighted by Gasteiger charge is 2.40. The zero-order valence-corrected chi connectivity index (χ0v) is 13.4.